The molecule has 6 nitrogen and oxygen atoms in total. The molecule has 1 heterocycles. The molecule has 0 unspecified atom stereocenters. The van der Waals surface area contributed by atoms with Gasteiger partial charge >= 0.3 is 12.1 Å². The Kier molecular flexibility index (Phi) is 6.81. The van der Waals surface area contributed by atoms with Gasteiger partial charge in [-0.2, -0.15) is 0 Å². The van der Waals surface area contributed by atoms with Crippen LogP contribution in [0.5, 0.6) is 0 Å². The summed E-state index contributed by atoms with van der Waals surface area (Å²) in [5.41, 5.74) is 1.97. The first-order valence-corrected chi connectivity index (χ1v) is 9.06. The predicted octanol–water partition coefficient (Wildman–Crippen LogP) is 3.32. The van der Waals surface area contributed by atoms with Gasteiger partial charge in [0.2, 0.25) is 0 Å². The summed E-state index contributed by atoms with van der Waals surface area (Å²) in [5.74, 6) is -0.464. The lowest BCUT2D eigenvalue weighted by molar-refractivity contribution is -0.134. The minimum Gasteiger partial charge on any atom is -0.466 e. The Morgan fingerprint density at radius 1 is 0.964 bits per heavy atom. The van der Waals surface area contributed by atoms with E-state index in [0.717, 1.165) is 11.1 Å². The number of nitrogens with zero attached hydrogens (tertiary/aromatic N) is 1. The van der Waals surface area contributed by atoms with Gasteiger partial charge in [-0.05, 0) is 11.1 Å². The van der Waals surface area contributed by atoms with E-state index in [9.17, 15) is 9.59 Å². The first-order valence-electron chi connectivity index (χ1n) is 9.06. The van der Waals surface area contributed by atoms with Gasteiger partial charge in [0, 0.05) is 6.08 Å². The van der Waals surface area contributed by atoms with E-state index >= 15 is 0 Å². The second-order valence-electron chi connectivity index (χ2n) is 6.39. The molecule has 28 heavy (non-hydrogen) atoms. The second kappa shape index (κ2) is 9.71. The van der Waals surface area contributed by atoms with Crippen LogP contribution in [0.3, 0.4) is 0 Å². The largest absolute Gasteiger partial charge is 0.466 e. The molecule has 1 fully saturated rings. The number of hydrogen-bond acceptors (Lipinski definition) is 5. The Labute approximate surface area is 164 Å². The van der Waals surface area contributed by atoms with Crippen LogP contribution in [-0.4, -0.2) is 42.8 Å². The molecule has 0 radical (unpaired) electrons. The molecule has 1 amide bonds. The summed E-state index contributed by atoms with van der Waals surface area (Å²) in [6.07, 6.45) is 2.53. The fourth-order valence-electron chi connectivity index (χ4n) is 2.87. The molecule has 3 rings (SSSR count). The van der Waals surface area contributed by atoms with Crippen molar-refractivity contribution in [2.45, 2.75) is 25.3 Å². The van der Waals surface area contributed by atoms with Crippen molar-refractivity contribution >= 4 is 12.1 Å². The second-order valence-corrected chi connectivity index (χ2v) is 6.39. The maximum Gasteiger partial charge on any atom is 0.411 e. The molecule has 2 aromatic carbocycles. The van der Waals surface area contributed by atoms with Gasteiger partial charge in [0.1, 0.15) is 6.61 Å². The Bertz CT molecular complexity index is 806. The summed E-state index contributed by atoms with van der Waals surface area (Å²) in [6, 6.07) is 18.9. The monoisotopic (exact) mass is 381 g/mol. The van der Waals surface area contributed by atoms with E-state index < -0.39 is 12.1 Å². The Morgan fingerprint density at radius 2 is 1.57 bits per heavy atom. The van der Waals surface area contributed by atoms with Crippen LogP contribution in [0.1, 0.15) is 11.1 Å². The fourth-order valence-corrected chi connectivity index (χ4v) is 2.87. The van der Waals surface area contributed by atoms with Crippen LogP contribution >= 0.6 is 0 Å². The van der Waals surface area contributed by atoms with Gasteiger partial charge < -0.3 is 14.2 Å². The van der Waals surface area contributed by atoms with Crippen LogP contribution in [0, 0.1) is 0 Å². The highest BCUT2D eigenvalue weighted by molar-refractivity contribution is 5.82. The maximum atomic E-state index is 12.4. The zero-order chi connectivity index (χ0) is 19.8. The first-order chi connectivity index (χ1) is 13.7. The molecule has 146 valence electrons. The number of amides is 1. The highest BCUT2D eigenvalue weighted by atomic mass is 16.6. The van der Waals surface area contributed by atoms with Crippen molar-refractivity contribution in [3.8, 4) is 0 Å². The van der Waals surface area contributed by atoms with E-state index in [4.69, 9.17) is 9.47 Å². The van der Waals surface area contributed by atoms with E-state index in [0.29, 0.717) is 13.2 Å². The standard InChI is InChI=1S/C22H23NO5/c1-26-21(24)13-12-19-20(16-27-14-17-8-4-2-5-9-17)23(19)22(25)28-15-18-10-6-3-7-11-18/h2-13,19-20H,14-16H2,1H3/b13-12+/t19-,20+,23?/m0/s1. The van der Waals surface area contributed by atoms with Crippen LogP contribution in [0.4, 0.5) is 4.79 Å². The highest BCUT2D eigenvalue weighted by Gasteiger charge is 2.50. The Morgan fingerprint density at radius 3 is 2.18 bits per heavy atom. The summed E-state index contributed by atoms with van der Waals surface area (Å²) in [4.78, 5) is 25.4. The zero-order valence-electron chi connectivity index (χ0n) is 15.7. The van der Waals surface area contributed by atoms with E-state index in [2.05, 4.69) is 4.74 Å². The van der Waals surface area contributed by atoms with Gasteiger partial charge in [0.15, 0.2) is 0 Å². The van der Waals surface area contributed by atoms with Crippen LogP contribution in [-0.2, 0) is 32.2 Å². The summed E-state index contributed by atoms with van der Waals surface area (Å²) in [5, 5.41) is 0. The molecule has 0 spiro atoms. The van der Waals surface area contributed by atoms with E-state index in [-0.39, 0.29) is 18.7 Å². The van der Waals surface area contributed by atoms with Crippen LogP contribution in [0.25, 0.3) is 0 Å². The van der Waals surface area contributed by atoms with E-state index in [1.807, 2.05) is 60.7 Å². The van der Waals surface area contributed by atoms with E-state index in [1.165, 1.54) is 13.2 Å². The zero-order valence-corrected chi connectivity index (χ0v) is 15.7. The fraction of sp³-hybridized carbons (Fsp3) is 0.273. The predicted molar refractivity (Wildman–Crippen MR) is 103 cm³/mol. The molecule has 2 atom stereocenters. The molecule has 1 aliphatic rings. The normalized spacial score (nSPS) is 18.1. The van der Waals surface area contributed by atoms with Gasteiger partial charge in [0.05, 0.1) is 32.4 Å². The lowest BCUT2D eigenvalue weighted by atomic mass is 10.2. The smallest absolute Gasteiger partial charge is 0.411 e. The highest BCUT2D eigenvalue weighted by Crippen LogP contribution is 2.31. The number of rotatable bonds is 8. The van der Waals surface area contributed by atoms with Crippen molar-refractivity contribution in [3.63, 3.8) is 0 Å². The minimum atomic E-state index is -0.464. The number of carbonyl (C=O) groups excluding carboxylic acids is 2. The summed E-state index contributed by atoms with van der Waals surface area (Å²) in [6.45, 7) is 1.00. The molecule has 0 bridgehead atoms. The number of methoxy groups -OCH3 is 1. The quantitative estimate of drug-likeness (QED) is 0.399. The van der Waals surface area contributed by atoms with Crippen molar-refractivity contribution in [2.24, 2.45) is 0 Å². The van der Waals surface area contributed by atoms with Gasteiger partial charge in [0.25, 0.3) is 0 Å². The number of hydrogen-bond donors (Lipinski definition) is 0. The third kappa shape index (κ3) is 5.44. The van der Waals surface area contributed by atoms with Crippen molar-refractivity contribution < 1.29 is 23.8 Å². The van der Waals surface area contributed by atoms with Crippen LogP contribution in [0.15, 0.2) is 72.8 Å². The molecule has 0 aliphatic carbocycles. The Balaban J connectivity index is 1.54. The van der Waals surface area contributed by atoms with Crippen LogP contribution in [0.2, 0.25) is 0 Å². The third-order valence-corrected chi connectivity index (χ3v) is 4.43. The molecular weight excluding hydrogens is 358 g/mol. The van der Waals surface area contributed by atoms with Crippen molar-refractivity contribution in [3.05, 3.63) is 83.9 Å². The molecule has 1 saturated heterocycles. The summed E-state index contributed by atoms with van der Waals surface area (Å²) in [7, 11) is 1.31. The molecule has 0 saturated carbocycles. The van der Waals surface area contributed by atoms with Crippen LogP contribution < -0.4 is 0 Å². The number of ether oxygens (including phenoxy) is 3. The minimum absolute atomic E-state index is 0.173. The molecule has 1 aliphatic heterocycles. The number of esters is 1. The van der Waals surface area contributed by atoms with Crippen molar-refractivity contribution in [1.82, 2.24) is 4.90 Å². The number of carbonyl (C=O) groups is 2. The summed E-state index contributed by atoms with van der Waals surface area (Å²) >= 11 is 0. The summed E-state index contributed by atoms with van der Waals surface area (Å²) < 4.78 is 15.8. The van der Waals surface area contributed by atoms with Gasteiger partial charge in [-0.1, -0.05) is 66.7 Å². The topological polar surface area (TPSA) is 64.8 Å². The van der Waals surface area contributed by atoms with Gasteiger partial charge in [-0.15, -0.1) is 0 Å². The molecule has 0 N–H and O–H groups in total. The molecular formula is C22H23NO5. The SMILES string of the molecule is COC(=O)/C=C/[C@H]1[C@@H](COCc2ccccc2)N1C(=O)OCc1ccccc1. The average Bonchev–Trinajstić information content (AvgIpc) is 3.44. The number of benzene rings is 2. The lowest BCUT2D eigenvalue weighted by Crippen LogP contribution is -2.18. The Hall–Kier alpha value is -3.12. The van der Waals surface area contributed by atoms with Crippen molar-refractivity contribution in [1.29, 1.82) is 0 Å². The van der Waals surface area contributed by atoms with E-state index in [1.54, 1.807) is 11.0 Å². The maximum absolute atomic E-state index is 12.4. The average molecular weight is 381 g/mol. The third-order valence-electron chi connectivity index (χ3n) is 4.43. The van der Waals surface area contributed by atoms with Gasteiger partial charge in [-0.25, -0.2) is 9.59 Å². The molecule has 2 aromatic rings. The lowest BCUT2D eigenvalue weighted by Gasteiger charge is -2.07. The van der Waals surface area contributed by atoms with Crippen molar-refractivity contribution in [2.75, 3.05) is 13.7 Å². The molecule has 0 aromatic heterocycles. The molecule has 6 heteroatoms. The van der Waals surface area contributed by atoms with Gasteiger partial charge in [-0.3, -0.25) is 4.90 Å². The first kappa shape index (κ1) is 19.6.